The molecular formula is C18H21N3O4S. The Morgan fingerprint density at radius 1 is 1.31 bits per heavy atom. The molecule has 7 nitrogen and oxygen atoms in total. The minimum atomic E-state index is -3.32. The SMILES string of the molecule is CCCC(=O)N1N=C(c2ccc(NS(C)(=O)=O)cc2)C[C@@H]1c1ccco1. The normalized spacial score (nSPS) is 17.2. The van der Waals surface area contributed by atoms with Gasteiger partial charge in [0, 0.05) is 18.5 Å². The van der Waals surface area contributed by atoms with E-state index in [0.717, 1.165) is 24.0 Å². The van der Waals surface area contributed by atoms with Crippen molar-refractivity contribution in [2.45, 2.75) is 32.2 Å². The second-order valence-corrected chi connectivity index (χ2v) is 7.97. The molecule has 26 heavy (non-hydrogen) atoms. The number of rotatable bonds is 6. The summed E-state index contributed by atoms with van der Waals surface area (Å²) in [7, 11) is -3.32. The van der Waals surface area contributed by atoms with Gasteiger partial charge in [0.2, 0.25) is 15.9 Å². The smallest absolute Gasteiger partial charge is 0.243 e. The number of anilines is 1. The van der Waals surface area contributed by atoms with Crippen molar-refractivity contribution >= 4 is 27.3 Å². The number of carbonyl (C=O) groups excluding carboxylic acids is 1. The molecule has 8 heteroatoms. The number of amides is 1. The van der Waals surface area contributed by atoms with Crippen LogP contribution in [0.3, 0.4) is 0 Å². The fraction of sp³-hybridized carbons (Fsp3) is 0.333. The predicted molar refractivity (Wildman–Crippen MR) is 99.3 cm³/mol. The van der Waals surface area contributed by atoms with E-state index in [2.05, 4.69) is 9.82 Å². The summed E-state index contributed by atoms with van der Waals surface area (Å²) >= 11 is 0. The Labute approximate surface area is 152 Å². The summed E-state index contributed by atoms with van der Waals surface area (Å²) in [6, 6.07) is 10.3. The lowest BCUT2D eigenvalue weighted by Crippen LogP contribution is -2.26. The number of hydrogen-bond acceptors (Lipinski definition) is 5. The van der Waals surface area contributed by atoms with Crippen LogP contribution in [0.2, 0.25) is 0 Å². The van der Waals surface area contributed by atoms with Crippen molar-refractivity contribution in [1.82, 2.24) is 5.01 Å². The molecular weight excluding hydrogens is 354 g/mol. The first kappa shape index (κ1) is 18.2. The number of nitrogens with zero attached hydrogens (tertiary/aromatic N) is 2. The Hall–Kier alpha value is -2.61. The van der Waals surface area contributed by atoms with E-state index in [1.165, 1.54) is 5.01 Å². The molecule has 2 aromatic rings. The molecule has 0 aliphatic carbocycles. The van der Waals surface area contributed by atoms with Crippen LogP contribution in [0.1, 0.15) is 43.6 Å². The molecule has 2 heterocycles. The van der Waals surface area contributed by atoms with Gasteiger partial charge < -0.3 is 4.42 Å². The molecule has 0 saturated carbocycles. The zero-order valence-corrected chi connectivity index (χ0v) is 15.5. The van der Waals surface area contributed by atoms with Crippen molar-refractivity contribution in [3.8, 4) is 0 Å². The van der Waals surface area contributed by atoms with Crippen LogP contribution in [0, 0.1) is 0 Å². The molecule has 138 valence electrons. The van der Waals surface area contributed by atoms with Gasteiger partial charge in [0.1, 0.15) is 11.8 Å². The van der Waals surface area contributed by atoms with Gasteiger partial charge >= 0.3 is 0 Å². The van der Waals surface area contributed by atoms with Crippen LogP contribution >= 0.6 is 0 Å². The molecule has 0 radical (unpaired) electrons. The van der Waals surface area contributed by atoms with Crippen molar-refractivity contribution in [3.63, 3.8) is 0 Å². The Morgan fingerprint density at radius 2 is 2.04 bits per heavy atom. The van der Waals surface area contributed by atoms with Gasteiger partial charge in [-0.1, -0.05) is 19.1 Å². The minimum absolute atomic E-state index is 0.0423. The quantitative estimate of drug-likeness (QED) is 0.839. The van der Waals surface area contributed by atoms with Crippen LogP contribution in [0.4, 0.5) is 5.69 Å². The van der Waals surface area contributed by atoms with Crippen LogP contribution in [0.15, 0.2) is 52.2 Å². The Kier molecular flexibility index (Phi) is 5.13. The first-order valence-electron chi connectivity index (χ1n) is 8.38. The maximum Gasteiger partial charge on any atom is 0.243 e. The number of nitrogens with one attached hydrogen (secondary N) is 1. The monoisotopic (exact) mass is 375 g/mol. The van der Waals surface area contributed by atoms with E-state index >= 15 is 0 Å². The number of carbonyl (C=O) groups is 1. The second-order valence-electron chi connectivity index (χ2n) is 6.22. The fourth-order valence-corrected chi connectivity index (χ4v) is 3.45. The standard InChI is InChI=1S/C18H21N3O4S/c1-3-5-18(22)21-16(17-6-4-11-25-17)12-15(19-21)13-7-9-14(10-8-13)20-26(2,23)24/h4,6-11,16,20H,3,5,12H2,1-2H3/t16-/m1/s1. The van der Waals surface area contributed by atoms with E-state index < -0.39 is 10.0 Å². The van der Waals surface area contributed by atoms with E-state index in [4.69, 9.17) is 4.42 Å². The lowest BCUT2D eigenvalue weighted by atomic mass is 10.0. The van der Waals surface area contributed by atoms with Gasteiger partial charge in [-0.2, -0.15) is 5.10 Å². The molecule has 0 unspecified atom stereocenters. The van der Waals surface area contributed by atoms with Crippen molar-refractivity contribution in [3.05, 3.63) is 54.0 Å². The van der Waals surface area contributed by atoms with Crippen molar-refractivity contribution in [2.75, 3.05) is 11.0 Å². The van der Waals surface area contributed by atoms with Gasteiger partial charge in [-0.3, -0.25) is 9.52 Å². The number of sulfonamides is 1. The van der Waals surface area contributed by atoms with Crippen molar-refractivity contribution in [1.29, 1.82) is 0 Å². The molecule has 1 atom stereocenters. The van der Waals surface area contributed by atoms with Crippen LogP contribution < -0.4 is 4.72 Å². The summed E-state index contributed by atoms with van der Waals surface area (Å²) in [4.78, 5) is 12.4. The van der Waals surface area contributed by atoms with Crippen LogP contribution in [-0.4, -0.2) is 31.3 Å². The Balaban J connectivity index is 1.85. The third-order valence-electron chi connectivity index (χ3n) is 4.02. The van der Waals surface area contributed by atoms with E-state index in [0.29, 0.717) is 24.3 Å². The highest BCUT2D eigenvalue weighted by molar-refractivity contribution is 7.92. The van der Waals surface area contributed by atoms with Crippen LogP contribution in [0.25, 0.3) is 0 Å². The molecule has 0 bridgehead atoms. The summed E-state index contributed by atoms with van der Waals surface area (Å²) in [6.45, 7) is 1.95. The Bertz CT molecular complexity index is 902. The molecule has 1 aliphatic heterocycles. The number of furan rings is 1. The number of hydrazone groups is 1. The molecule has 1 N–H and O–H groups in total. The molecule has 1 aliphatic rings. The van der Waals surface area contributed by atoms with E-state index in [9.17, 15) is 13.2 Å². The fourth-order valence-electron chi connectivity index (χ4n) is 2.89. The maximum atomic E-state index is 12.4. The number of benzene rings is 1. The van der Waals surface area contributed by atoms with Gasteiger partial charge in [-0.25, -0.2) is 13.4 Å². The summed E-state index contributed by atoms with van der Waals surface area (Å²) < 4.78 is 30.5. The van der Waals surface area contributed by atoms with Crippen molar-refractivity contribution in [2.24, 2.45) is 5.10 Å². The number of hydrogen-bond donors (Lipinski definition) is 1. The molecule has 0 spiro atoms. The first-order valence-corrected chi connectivity index (χ1v) is 10.3. The van der Waals surface area contributed by atoms with Crippen molar-refractivity contribution < 1.29 is 17.6 Å². The Morgan fingerprint density at radius 3 is 2.62 bits per heavy atom. The molecule has 3 rings (SSSR count). The zero-order chi connectivity index (χ0) is 18.7. The van der Waals surface area contributed by atoms with Crippen LogP contribution in [0.5, 0.6) is 0 Å². The lowest BCUT2D eigenvalue weighted by molar-refractivity contribution is -0.133. The maximum absolute atomic E-state index is 12.4. The van der Waals surface area contributed by atoms with Gasteiger partial charge in [0.15, 0.2) is 0 Å². The predicted octanol–water partition coefficient (Wildman–Crippen LogP) is 3.13. The average molecular weight is 375 g/mol. The topological polar surface area (TPSA) is 92.0 Å². The zero-order valence-electron chi connectivity index (χ0n) is 14.7. The average Bonchev–Trinajstić information content (AvgIpc) is 3.23. The largest absolute Gasteiger partial charge is 0.467 e. The molecule has 0 fully saturated rings. The highest BCUT2D eigenvalue weighted by Crippen LogP contribution is 2.33. The molecule has 1 aromatic heterocycles. The van der Waals surface area contributed by atoms with Crippen LogP contribution in [-0.2, 0) is 14.8 Å². The highest BCUT2D eigenvalue weighted by Gasteiger charge is 2.34. The molecule has 1 amide bonds. The summed E-state index contributed by atoms with van der Waals surface area (Å²) in [5, 5.41) is 6.02. The molecule has 0 saturated heterocycles. The van der Waals surface area contributed by atoms with Gasteiger partial charge in [0.05, 0.1) is 18.2 Å². The van der Waals surface area contributed by atoms with E-state index in [-0.39, 0.29) is 11.9 Å². The summed E-state index contributed by atoms with van der Waals surface area (Å²) in [5.74, 6) is 0.655. The summed E-state index contributed by atoms with van der Waals surface area (Å²) in [5.41, 5.74) is 2.09. The lowest BCUT2D eigenvalue weighted by Gasteiger charge is -2.19. The third kappa shape index (κ3) is 4.13. The third-order valence-corrected chi connectivity index (χ3v) is 4.63. The van der Waals surface area contributed by atoms with Gasteiger partial charge in [-0.05, 0) is 36.2 Å². The summed E-state index contributed by atoms with van der Waals surface area (Å²) in [6.07, 6.45) is 4.40. The van der Waals surface area contributed by atoms with E-state index in [1.54, 1.807) is 36.6 Å². The first-order chi connectivity index (χ1) is 12.4. The molecule has 1 aromatic carbocycles. The minimum Gasteiger partial charge on any atom is -0.467 e. The van der Waals surface area contributed by atoms with E-state index in [1.807, 2.05) is 13.0 Å². The second kappa shape index (κ2) is 7.33. The van der Waals surface area contributed by atoms with Gasteiger partial charge in [0.25, 0.3) is 0 Å². The highest BCUT2D eigenvalue weighted by atomic mass is 32.2. The van der Waals surface area contributed by atoms with Gasteiger partial charge in [-0.15, -0.1) is 0 Å².